The Hall–Kier alpha value is -1.39. The third-order valence-corrected chi connectivity index (χ3v) is 3.91. The smallest absolute Gasteiger partial charge is 0.123 e. The van der Waals surface area contributed by atoms with Gasteiger partial charge in [0.2, 0.25) is 0 Å². The summed E-state index contributed by atoms with van der Waals surface area (Å²) in [7, 11) is 0. The molecule has 0 fully saturated rings. The number of nitrogens with one attached hydrogen (secondary N) is 1. The summed E-state index contributed by atoms with van der Waals surface area (Å²) in [6.45, 7) is 1.80. The molecule has 20 heavy (non-hydrogen) atoms. The minimum Gasteiger partial charge on any atom is -0.488 e. The lowest BCUT2D eigenvalue weighted by Crippen LogP contribution is -2.31. The molecule has 0 saturated carbocycles. The van der Waals surface area contributed by atoms with Crippen molar-refractivity contribution in [2.24, 2.45) is 0 Å². The topological polar surface area (TPSA) is 34.2 Å². The maximum atomic E-state index is 5.92. The van der Waals surface area contributed by atoms with E-state index in [1.807, 2.05) is 30.5 Å². The van der Waals surface area contributed by atoms with Crippen LogP contribution >= 0.6 is 15.9 Å². The molecule has 2 aromatic rings. The lowest BCUT2D eigenvalue weighted by Gasteiger charge is -2.11. The van der Waals surface area contributed by atoms with E-state index in [2.05, 4.69) is 38.4 Å². The zero-order valence-corrected chi connectivity index (χ0v) is 12.8. The molecule has 2 heterocycles. The summed E-state index contributed by atoms with van der Waals surface area (Å²) in [5.74, 6) is 1.02. The fourth-order valence-electron chi connectivity index (χ4n) is 2.43. The number of hydrogen-bond donors (Lipinski definition) is 1. The van der Waals surface area contributed by atoms with E-state index in [1.165, 1.54) is 5.56 Å². The Morgan fingerprint density at radius 1 is 1.30 bits per heavy atom. The van der Waals surface area contributed by atoms with Crippen LogP contribution in [0, 0.1) is 0 Å². The second-order valence-corrected chi connectivity index (χ2v) is 5.89. The molecule has 1 unspecified atom stereocenters. The standard InChI is InChI=1S/C16H17BrN2O/c17-13-4-5-16-12(9-13)10-15(20-16)11-18-8-6-14-3-1-2-7-19-14/h1-5,7,9,15,18H,6,8,10-11H2. The van der Waals surface area contributed by atoms with Crippen molar-refractivity contribution in [1.82, 2.24) is 10.3 Å². The van der Waals surface area contributed by atoms with Crippen LogP contribution in [0.2, 0.25) is 0 Å². The van der Waals surface area contributed by atoms with Gasteiger partial charge in [-0.25, -0.2) is 0 Å². The maximum Gasteiger partial charge on any atom is 0.123 e. The first-order valence-electron chi connectivity index (χ1n) is 6.87. The minimum atomic E-state index is 0.239. The summed E-state index contributed by atoms with van der Waals surface area (Å²) in [6.07, 6.45) is 4.00. The van der Waals surface area contributed by atoms with Crippen LogP contribution < -0.4 is 10.1 Å². The van der Waals surface area contributed by atoms with Crippen molar-refractivity contribution in [3.63, 3.8) is 0 Å². The maximum absolute atomic E-state index is 5.92. The van der Waals surface area contributed by atoms with Crippen LogP contribution in [0.3, 0.4) is 0 Å². The Morgan fingerprint density at radius 2 is 2.25 bits per heavy atom. The van der Waals surface area contributed by atoms with Gasteiger partial charge in [0.25, 0.3) is 0 Å². The van der Waals surface area contributed by atoms with Crippen molar-refractivity contribution in [2.45, 2.75) is 18.9 Å². The Bertz CT molecular complexity index is 574. The molecule has 0 bridgehead atoms. The Labute approximate surface area is 127 Å². The number of benzene rings is 1. The van der Waals surface area contributed by atoms with Crippen molar-refractivity contribution in [3.05, 3.63) is 58.3 Å². The first kappa shape index (κ1) is 13.6. The van der Waals surface area contributed by atoms with E-state index in [1.54, 1.807) is 0 Å². The number of rotatable bonds is 5. The van der Waals surface area contributed by atoms with Crippen molar-refractivity contribution >= 4 is 15.9 Å². The van der Waals surface area contributed by atoms with E-state index >= 15 is 0 Å². The summed E-state index contributed by atoms with van der Waals surface area (Å²) in [5, 5.41) is 3.45. The quantitative estimate of drug-likeness (QED) is 0.855. The summed E-state index contributed by atoms with van der Waals surface area (Å²) < 4.78 is 7.03. The summed E-state index contributed by atoms with van der Waals surface area (Å²) in [6, 6.07) is 12.2. The predicted octanol–water partition coefficient (Wildman–Crippen LogP) is 2.98. The highest BCUT2D eigenvalue weighted by Crippen LogP contribution is 2.30. The van der Waals surface area contributed by atoms with Crippen LogP contribution in [0.5, 0.6) is 5.75 Å². The molecule has 0 aliphatic carbocycles. The normalized spacial score (nSPS) is 16.8. The molecule has 3 rings (SSSR count). The van der Waals surface area contributed by atoms with Crippen molar-refractivity contribution in [2.75, 3.05) is 13.1 Å². The SMILES string of the molecule is Brc1ccc2c(c1)CC(CNCCc1ccccn1)O2. The average molecular weight is 333 g/mol. The highest BCUT2D eigenvalue weighted by molar-refractivity contribution is 9.10. The molecule has 0 radical (unpaired) electrons. The average Bonchev–Trinajstić information content (AvgIpc) is 2.86. The molecule has 0 spiro atoms. The van der Waals surface area contributed by atoms with Crippen LogP contribution in [0.1, 0.15) is 11.3 Å². The van der Waals surface area contributed by atoms with Gasteiger partial charge in [0.15, 0.2) is 0 Å². The predicted molar refractivity (Wildman–Crippen MR) is 83.1 cm³/mol. The van der Waals surface area contributed by atoms with E-state index in [-0.39, 0.29) is 6.10 Å². The molecule has 0 saturated heterocycles. The van der Waals surface area contributed by atoms with Crippen molar-refractivity contribution in [3.8, 4) is 5.75 Å². The van der Waals surface area contributed by atoms with Crippen LogP contribution in [-0.4, -0.2) is 24.2 Å². The lowest BCUT2D eigenvalue weighted by atomic mass is 10.1. The molecule has 1 aromatic heterocycles. The van der Waals surface area contributed by atoms with Gasteiger partial charge in [0.05, 0.1) is 0 Å². The summed E-state index contributed by atoms with van der Waals surface area (Å²) in [5.41, 5.74) is 2.41. The number of ether oxygens (including phenoxy) is 1. The number of nitrogens with zero attached hydrogens (tertiary/aromatic N) is 1. The Balaban J connectivity index is 1.43. The van der Waals surface area contributed by atoms with E-state index in [0.29, 0.717) is 0 Å². The monoisotopic (exact) mass is 332 g/mol. The van der Waals surface area contributed by atoms with Crippen LogP contribution in [-0.2, 0) is 12.8 Å². The molecule has 1 atom stereocenters. The zero-order chi connectivity index (χ0) is 13.8. The van der Waals surface area contributed by atoms with Gasteiger partial charge in [-0.15, -0.1) is 0 Å². The summed E-state index contributed by atoms with van der Waals surface area (Å²) >= 11 is 3.50. The fourth-order valence-corrected chi connectivity index (χ4v) is 2.84. The molecule has 0 amide bonds. The first-order valence-corrected chi connectivity index (χ1v) is 7.66. The number of pyridine rings is 1. The van der Waals surface area contributed by atoms with E-state index in [0.717, 1.165) is 41.8 Å². The molecule has 4 heteroatoms. The largest absolute Gasteiger partial charge is 0.488 e. The molecule has 1 aromatic carbocycles. The van der Waals surface area contributed by atoms with Gasteiger partial charge >= 0.3 is 0 Å². The third kappa shape index (κ3) is 3.38. The number of aromatic nitrogens is 1. The summed E-state index contributed by atoms with van der Waals surface area (Å²) in [4.78, 5) is 4.31. The van der Waals surface area contributed by atoms with E-state index < -0.39 is 0 Å². The molecular formula is C16H17BrN2O. The number of hydrogen-bond acceptors (Lipinski definition) is 3. The third-order valence-electron chi connectivity index (χ3n) is 3.42. The molecule has 1 aliphatic heterocycles. The molecule has 1 aliphatic rings. The van der Waals surface area contributed by atoms with Crippen molar-refractivity contribution < 1.29 is 4.74 Å². The second-order valence-electron chi connectivity index (χ2n) is 4.97. The van der Waals surface area contributed by atoms with Gasteiger partial charge in [0, 0.05) is 42.3 Å². The number of fused-ring (bicyclic) bond motifs is 1. The Kier molecular flexibility index (Phi) is 4.33. The van der Waals surface area contributed by atoms with E-state index in [9.17, 15) is 0 Å². The van der Waals surface area contributed by atoms with Crippen LogP contribution in [0.4, 0.5) is 0 Å². The van der Waals surface area contributed by atoms with Gasteiger partial charge < -0.3 is 10.1 Å². The number of halogens is 1. The van der Waals surface area contributed by atoms with Gasteiger partial charge in [-0.2, -0.15) is 0 Å². The highest BCUT2D eigenvalue weighted by atomic mass is 79.9. The minimum absolute atomic E-state index is 0.239. The first-order chi connectivity index (χ1) is 9.81. The van der Waals surface area contributed by atoms with Gasteiger partial charge in [-0.05, 0) is 35.9 Å². The second kappa shape index (κ2) is 6.37. The molecule has 1 N–H and O–H groups in total. The van der Waals surface area contributed by atoms with Gasteiger partial charge in [0.1, 0.15) is 11.9 Å². The molecule has 104 valence electrons. The zero-order valence-electron chi connectivity index (χ0n) is 11.2. The lowest BCUT2D eigenvalue weighted by molar-refractivity contribution is 0.228. The molecule has 3 nitrogen and oxygen atoms in total. The van der Waals surface area contributed by atoms with Gasteiger partial charge in [-0.1, -0.05) is 22.0 Å². The van der Waals surface area contributed by atoms with Gasteiger partial charge in [-0.3, -0.25) is 4.98 Å². The highest BCUT2D eigenvalue weighted by Gasteiger charge is 2.22. The fraction of sp³-hybridized carbons (Fsp3) is 0.312. The van der Waals surface area contributed by atoms with E-state index in [4.69, 9.17) is 4.74 Å². The van der Waals surface area contributed by atoms with Crippen molar-refractivity contribution in [1.29, 1.82) is 0 Å². The van der Waals surface area contributed by atoms with Crippen LogP contribution in [0.15, 0.2) is 47.1 Å². The molecular weight excluding hydrogens is 316 g/mol. The Morgan fingerprint density at radius 3 is 3.10 bits per heavy atom. The van der Waals surface area contributed by atoms with Crippen LogP contribution in [0.25, 0.3) is 0 Å².